The maximum atomic E-state index is 13.2. The number of halogens is 2. The van der Waals surface area contributed by atoms with Gasteiger partial charge in [0.25, 0.3) is 0 Å². The Labute approximate surface area is 123 Å². The number of rotatable bonds is 5. The van der Waals surface area contributed by atoms with Crippen LogP contribution in [0.3, 0.4) is 0 Å². The minimum Gasteiger partial charge on any atom is -0.294 e. The van der Waals surface area contributed by atoms with Gasteiger partial charge >= 0.3 is 0 Å². The van der Waals surface area contributed by atoms with Crippen LogP contribution in [0.1, 0.15) is 35.3 Å². The third-order valence-corrected chi connectivity index (χ3v) is 3.24. The van der Waals surface area contributed by atoms with Crippen LogP contribution in [0.4, 0.5) is 8.78 Å². The van der Waals surface area contributed by atoms with Gasteiger partial charge in [0.2, 0.25) is 0 Å². The first kappa shape index (κ1) is 15.4. The lowest BCUT2D eigenvalue weighted by Gasteiger charge is -2.07. The zero-order chi connectivity index (χ0) is 15.4. The average molecular weight is 288 g/mol. The van der Waals surface area contributed by atoms with Crippen LogP contribution in [0.15, 0.2) is 42.5 Å². The molecule has 0 aromatic heterocycles. The van der Waals surface area contributed by atoms with E-state index < -0.39 is 11.6 Å². The van der Waals surface area contributed by atoms with Gasteiger partial charge in [-0.2, -0.15) is 0 Å². The van der Waals surface area contributed by atoms with Crippen molar-refractivity contribution < 1.29 is 13.6 Å². The molecule has 0 aliphatic heterocycles. The van der Waals surface area contributed by atoms with E-state index in [2.05, 4.69) is 13.8 Å². The van der Waals surface area contributed by atoms with E-state index in [1.165, 1.54) is 6.07 Å². The first-order valence-corrected chi connectivity index (χ1v) is 7.02. The van der Waals surface area contributed by atoms with Crippen molar-refractivity contribution in [2.75, 3.05) is 0 Å². The van der Waals surface area contributed by atoms with Crippen molar-refractivity contribution in [3.05, 3.63) is 70.8 Å². The van der Waals surface area contributed by atoms with E-state index in [1.807, 2.05) is 18.2 Å². The summed E-state index contributed by atoms with van der Waals surface area (Å²) in [5.41, 5.74) is 2.20. The summed E-state index contributed by atoms with van der Waals surface area (Å²) >= 11 is 0. The second-order valence-electron chi connectivity index (χ2n) is 5.65. The van der Waals surface area contributed by atoms with Crippen molar-refractivity contribution in [2.45, 2.75) is 26.7 Å². The van der Waals surface area contributed by atoms with Crippen molar-refractivity contribution in [3.63, 3.8) is 0 Å². The van der Waals surface area contributed by atoms with Crippen molar-refractivity contribution in [3.8, 4) is 0 Å². The van der Waals surface area contributed by atoms with E-state index in [-0.39, 0.29) is 12.2 Å². The predicted molar refractivity (Wildman–Crippen MR) is 79.4 cm³/mol. The van der Waals surface area contributed by atoms with Gasteiger partial charge in [0.15, 0.2) is 17.4 Å². The molecule has 2 rings (SSSR count). The summed E-state index contributed by atoms with van der Waals surface area (Å²) in [6.45, 7) is 4.24. The van der Waals surface area contributed by atoms with Gasteiger partial charge < -0.3 is 0 Å². The van der Waals surface area contributed by atoms with Crippen molar-refractivity contribution in [1.82, 2.24) is 0 Å². The predicted octanol–water partition coefficient (Wildman–Crippen LogP) is 4.59. The highest BCUT2D eigenvalue weighted by atomic mass is 19.2. The quantitative estimate of drug-likeness (QED) is 0.735. The number of carbonyl (C=O) groups excluding carboxylic acids is 1. The van der Waals surface area contributed by atoms with E-state index in [4.69, 9.17) is 0 Å². The summed E-state index contributed by atoms with van der Waals surface area (Å²) in [4.78, 5) is 12.2. The van der Waals surface area contributed by atoms with Crippen LogP contribution >= 0.6 is 0 Å². The summed E-state index contributed by atoms with van der Waals surface area (Å²) in [6.07, 6.45) is 0.981. The van der Waals surface area contributed by atoms with Gasteiger partial charge in [-0.3, -0.25) is 4.79 Å². The average Bonchev–Trinajstić information content (AvgIpc) is 2.42. The first-order chi connectivity index (χ1) is 9.95. The second kappa shape index (κ2) is 6.61. The number of carbonyl (C=O) groups is 1. The third-order valence-electron chi connectivity index (χ3n) is 3.24. The molecular formula is C18H18F2O. The van der Waals surface area contributed by atoms with Gasteiger partial charge in [0, 0.05) is 12.0 Å². The number of Topliss-reactive ketones (excluding diaryl/α,β-unsaturated/α-hetero) is 1. The molecule has 0 atom stereocenters. The normalized spacial score (nSPS) is 10.9. The van der Waals surface area contributed by atoms with Crippen molar-refractivity contribution in [1.29, 1.82) is 0 Å². The lowest BCUT2D eigenvalue weighted by Crippen LogP contribution is -2.05. The molecule has 2 aromatic carbocycles. The molecule has 0 heterocycles. The van der Waals surface area contributed by atoms with E-state index in [0.29, 0.717) is 17.0 Å². The number of ketones is 1. The Hall–Kier alpha value is -2.03. The molecule has 0 amide bonds. The van der Waals surface area contributed by atoms with E-state index >= 15 is 0 Å². The number of hydrogen-bond donors (Lipinski definition) is 0. The molecule has 0 unspecified atom stereocenters. The summed E-state index contributed by atoms with van der Waals surface area (Å²) in [5.74, 6) is -1.40. The topological polar surface area (TPSA) is 17.1 Å². The van der Waals surface area contributed by atoms with Crippen LogP contribution in [-0.2, 0) is 12.8 Å². The highest BCUT2D eigenvalue weighted by Gasteiger charge is 2.10. The molecule has 0 spiro atoms. The molecule has 2 aromatic rings. The number of hydrogen-bond acceptors (Lipinski definition) is 1. The third kappa shape index (κ3) is 4.22. The van der Waals surface area contributed by atoms with Crippen LogP contribution in [-0.4, -0.2) is 5.78 Å². The molecule has 0 fully saturated rings. The van der Waals surface area contributed by atoms with Gasteiger partial charge in [0.1, 0.15) is 0 Å². The zero-order valence-corrected chi connectivity index (χ0v) is 12.2. The van der Waals surface area contributed by atoms with E-state index in [1.54, 1.807) is 6.07 Å². The van der Waals surface area contributed by atoms with E-state index in [0.717, 1.165) is 24.1 Å². The molecular weight excluding hydrogens is 270 g/mol. The minimum atomic E-state index is -0.922. The SMILES string of the molecule is CC(C)Cc1cccc(C(=O)Cc2ccc(F)c(F)c2)c1. The molecule has 0 saturated carbocycles. The van der Waals surface area contributed by atoms with Gasteiger partial charge in [-0.25, -0.2) is 8.78 Å². The van der Waals surface area contributed by atoms with Crippen LogP contribution in [0.2, 0.25) is 0 Å². The lowest BCUT2D eigenvalue weighted by atomic mass is 9.97. The fraction of sp³-hybridized carbons (Fsp3) is 0.278. The maximum absolute atomic E-state index is 13.2. The van der Waals surface area contributed by atoms with Crippen molar-refractivity contribution >= 4 is 5.78 Å². The van der Waals surface area contributed by atoms with Crippen LogP contribution < -0.4 is 0 Å². The second-order valence-corrected chi connectivity index (χ2v) is 5.65. The smallest absolute Gasteiger partial charge is 0.167 e. The van der Waals surface area contributed by atoms with Crippen LogP contribution in [0.25, 0.3) is 0 Å². The van der Waals surface area contributed by atoms with E-state index in [9.17, 15) is 13.6 Å². The number of benzene rings is 2. The van der Waals surface area contributed by atoms with Crippen LogP contribution in [0, 0.1) is 17.6 Å². The Morgan fingerprint density at radius 3 is 2.43 bits per heavy atom. The highest BCUT2D eigenvalue weighted by molar-refractivity contribution is 5.97. The van der Waals surface area contributed by atoms with Gasteiger partial charge in [-0.1, -0.05) is 38.1 Å². The molecule has 0 N–H and O–H groups in total. The fourth-order valence-electron chi connectivity index (χ4n) is 2.28. The Kier molecular flexibility index (Phi) is 4.84. The summed E-state index contributed by atoms with van der Waals surface area (Å²) in [5, 5.41) is 0. The monoisotopic (exact) mass is 288 g/mol. The maximum Gasteiger partial charge on any atom is 0.167 e. The molecule has 0 radical (unpaired) electrons. The molecule has 110 valence electrons. The summed E-state index contributed by atoms with van der Waals surface area (Å²) < 4.78 is 26.0. The minimum absolute atomic E-state index is 0.0718. The van der Waals surface area contributed by atoms with Gasteiger partial charge in [-0.05, 0) is 41.7 Å². The van der Waals surface area contributed by atoms with Crippen molar-refractivity contribution in [2.24, 2.45) is 5.92 Å². The van der Waals surface area contributed by atoms with Crippen LogP contribution in [0.5, 0.6) is 0 Å². The van der Waals surface area contributed by atoms with Gasteiger partial charge in [-0.15, -0.1) is 0 Å². The molecule has 0 aliphatic carbocycles. The van der Waals surface area contributed by atoms with Gasteiger partial charge in [0.05, 0.1) is 0 Å². The fourth-order valence-corrected chi connectivity index (χ4v) is 2.28. The Morgan fingerprint density at radius 1 is 1.00 bits per heavy atom. The Balaban J connectivity index is 2.14. The molecule has 21 heavy (non-hydrogen) atoms. The first-order valence-electron chi connectivity index (χ1n) is 7.02. The molecule has 3 heteroatoms. The molecule has 0 saturated heterocycles. The standard InChI is InChI=1S/C18H18F2O/c1-12(2)8-13-4-3-5-15(9-13)18(21)11-14-6-7-16(19)17(20)10-14/h3-7,9-10,12H,8,11H2,1-2H3. The Bertz CT molecular complexity index is 647. The highest BCUT2D eigenvalue weighted by Crippen LogP contribution is 2.15. The largest absolute Gasteiger partial charge is 0.294 e. The summed E-state index contributed by atoms with van der Waals surface area (Å²) in [6, 6.07) is 11.0. The Morgan fingerprint density at radius 2 is 1.76 bits per heavy atom. The summed E-state index contributed by atoms with van der Waals surface area (Å²) in [7, 11) is 0. The molecule has 0 aliphatic rings. The lowest BCUT2D eigenvalue weighted by molar-refractivity contribution is 0.0992. The zero-order valence-electron chi connectivity index (χ0n) is 12.2. The molecule has 1 nitrogen and oxygen atoms in total. The molecule has 0 bridgehead atoms.